The molecule has 2 aromatic rings. The molecular weight excluding hydrogens is 500 g/mol. The second kappa shape index (κ2) is 13.7. The minimum absolute atomic E-state index is 0.144. The summed E-state index contributed by atoms with van der Waals surface area (Å²) < 4.78 is 11.9. The lowest BCUT2D eigenvalue weighted by Crippen LogP contribution is -2.42. The summed E-state index contributed by atoms with van der Waals surface area (Å²) in [5, 5.41) is 28.0. The monoisotopic (exact) mass is 530 g/mol. The molecule has 2 amide bonds. The van der Waals surface area contributed by atoms with E-state index >= 15 is 0 Å². The van der Waals surface area contributed by atoms with Gasteiger partial charge >= 0.3 is 0 Å². The molecule has 13 heteroatoms. The second-order valence-electron chi connectivity index (χ2n) is 8.18. The van der Waals surface area contributed by atoms with Gasteiger partial charge in [0.15, 0.2) is 5.57 Å². The molecule has 2 heterocycles. The summed E-state index contributed by atoms with van der Waals surface area (Å²) in [6.07, 6.45) is 2.81. The summed E-state index contributed by atoms with van der Waals surface area (Å²) in [6, 6.07) is 6.44. The van der Waals surface area contributed by atoms with Gasteiger partial charge in [0.05, 0.1) is 25.4 Å². The van der Waals surface area contributed by atoms with Crippen molar-refractivity contribution >= 4 is 46.6 Å². The quantitative estimate of drug-likeness (QED) is 0.279. The number of hydrogen-bond donors (Lipinski definition) is 4. The largest absolute Gasteiger partial charge is 0.391 e. The highest BCUT2D eigenvalue weighted by Gasteiger charge is 2.28. The third-order valence-corrected chi connectivity index (χ3v) is 6.74. The number of carbonyl (C=O) groups excluding carboxylic acids is 2. The number of hydrogen-bond acceptors (Lipinski definition) is 10. The van der Waals surface area contributed by atoms with Gasteiger partial charge in [-0.15, -0.1) is 11.3 Å². The van der Waals surface area contributed by atoms with Crippen molar-refractivity contribution in [2.24, 2.45) is 0 Å². The maximum atomic E-state index is 12.9. The molecule has 1 saturated carbocycles. The summed E-state index contributed by atoms with van der Waals surface area (Å²) in [4.78, 5) is 42.0. The fourth-order valence-electron chi connectivity index (χ4n) is 3.75. The van der Waals surface area contributed by atoms with Crippen LogP contribution in [0.1, 0.15) is 26.2 Å². The van der Waals surface area contributed by atoms with Crippen molar-refractivity contribution in [1.29, 1.82) is 5.26 Å². The molecule has 4 N–H and O–H groups in total. The van der Waals surface area contributed by atoms with E-state index in [9.17, 15) is 24.8 Å². The third kappa shape index (κ3) is 7.46. The number of carbonyl (C=O) groups is 2. The fourth-order valence-corrected chi connectivity index (χ4v) is 4.83. The summed E-state index contributed by atoms with van der Waals surface area (Å²) in [5.41, 5.74) is -0.549. The van der Waals surface area contributed by atoms with E-state index in [0.29, 0.717) is 37.7 Å². The average Bonchev–Trinajstić information content (AvgIpc) is 3.43. The second-order valence-corrected chi connectivity index (χ2v) is 9.21. The van der Waals surface area contributed by atoms with Crippen LogP contribution >= 0.6 is 11.3 Å². The molecule has 0 aliphatic heterocycles. The molecule has 1 aliphatic carbocycles. The van der Waals surface area contributed by atoms with E-state index in [1.807, 2.05) is 6.07 Å². The number of amides is 2. The zero-order valence-electron chi connectivity index (χ0n) is 20.7. The van der Waals surface area contributed by atoms with Gasteiger partial charge in [0.25, 0.3) is 17.4 Å². The molecule has 1 fully saturated rings. The minimum atomic E-state index is -0.648. The van der Waals surface area contributed by atoms with Crippen molar-refractivity contribution in [2.75, 3.05) is 37.6 Å². The first-order valence-corrected chi connectivity index (χ1v) is 12.6. The first kappa shape index (κ1) is 28.0. The predicted molar refractivity (Wildman–Crippen MR) is 138 cm³/mol. The highest BCUT2D eigenvalue weighted by atomic mass is 32.1. The number of methoxy groups -OCH3 is 1. The molecule has 0 bridgehead atoms. The zero-order valence-corrected chi connectivity index (χ0v) is 21.5. The van der Waals surface area contributed by atoms with E-state index in [1.165, 1.54) is 17.9 Å². The normalized spacial score (nSPS) is 18.3. The maximum absolute atomic E-state index is 12.9. The molecule has 1 aliphatic rings. The van der Waals surface area contributed by atoms with E-state index in [0.717, 1.165) is 17.8 Å². The molecule has 0 radical (unpaired) electrons. The Bertz CT molecular complexity index is 1330. The van der Waals surface area contributed by atoms with Crippen molar-refractivity contribution in [3.05, 3.63) is 37.7 Å². The first-order chi connectivity index (χ1) is 17.9. The van der Waals surface area contributed by atoms with E-state index in [1.54, 1.807) is 25.1 Å². The number of nitriles is 1. The van der Waals surface area contributed by atoms with Gasteiger partial charge in [-0.2, -0.15) is 5.26 Å². The van der Waals surface area contributed by atoms with Crippen molar-refractivity contribution < 1.29 is 24.2 Å². The van der Waals surface area contributed by atoms with Gasteiger partial charge in [0.1, 0.15) is 33.5 Å². The zero-order chi connectivity index (χ0) is 26.8. The van der Waals surface area contributed by atoms with Crippen LogP contribution in [0.5, 0.6) is 0 Å². The number of anilines is 2. The molecule has 0 aromatic carbocycles. The molecule has 37 heavy (non-hydrogen) atoms. The number of aliphatic hydroxyl groups excluding tert-OH is 1. The molecule has 2 aromatic heterocycles. The number of thiazole rings is 1. The fraction of sp³-hybridized carbons (Fsp3) is 0.458. The Hall–Kier alpha value is -3.57. The summed E-state index contributed by atoms with van der Waals surface area (Å²) in [6.45, 7) is 2.53. The number of aliphatic hydroxyl groups is 1. The number of rotatable bonds is 11. The summed E-state index contributed by atoms with van der Waals surface area (Å²) in [5.74, 6) is -0.329. The molecular formula is C24H30N6O6S. The van der Waals surface area contributed by atoms with E-state index in [4.69, 9.17) is 9.47 Å². The smallest absolute Gasteiger partial charge is 0.270 e. The average molecular weight is 531 g/mol. The Morgan fingerprint density at radius 2 is 2.11 bits per heavy atom. The van der Waals surface area contributed by atoms with Crippen LogP contribution < -0.4 is 30.7 Å². The van der Waals surface area contributed by atoms with Crippen LogP contribution in [0.15, 0.2) is 23.0 Å². The van der Waals surface area contributed by atoms with Gasteiger partial charge in [-0.05, 0) is 38.3 Å². The number of aromatic nitrogens is 2. The number of ether oxygens (including phenoxy) is 2. The van der Waals surface area contributed by atoms with Crippen LogP contribution in [-0.4, -0.2) is 65.5 Å². The molecule has 12 nitrogen and oxygen atoms in total. The Morgan fingerprint density at radius 3 is 2.78 bits per heavy atom. The number of pyridine rings is 1. The molecule has 0 spiro atoms. The molecule has 0 saturated heterocycles. The Labute approximate surface area is 217 Å². The third-order valence-electron chi connectivity index (χ3n) is 5.61. The maximum Gasteiger partial charge on any atom is 0.270 e. The molecule has 2 atom stereocenters. The number of nitrogens with one attached hydrogen (secondary N) is 3. The van der Waals surface area contributed by atoms with E-state index < -0.39 is 18.1 Å². The summed E-state index contributed by atoms with van der Waals surface area (Å²) in [7, 11) is 1.54. The van der Waals surface area contributed by atoms with Gasteiger partial charge < -0.3 is 30.5 Å². The van der Waals surface area contributed by atoms with Crippen LogP contribution in [0.25, 0.3) is 11.8 Å². The van der Waals surface area contributed by atoms with Crippen LogP contribution in [0.2, 0.25) is 0 Å². The lowest BCUT2D eigenvalue weighted by atomic mass is 10.2. The SMILES string of the molecule is CCn1c(=C(C#N)C(=O)N[C@H]2CCC[C@@H]2O)sc(=CNc2cccc(NC(=O)COCCOC)n2)c1=O. The first-order valence-electron chi connectivity index (χ1n) is 11.8. The van der Waals surface area contributed by atoms with E-state index in [-0.39, 0.29) is 39.4 Å². The Morgan fingerprint density at radius 1 is 1.32 bits per heavy atom. The van der Waals surface area contributed by atoms with Gasteiger partial charge in [-0.1, -0.05) is 6.07 Å². The topological polar surface area (TPSA) is 168 Å². The van der Waals surface area contributed by atoms with Crippen molar-refractivity contribution in [1.82, 2.24) is 14.9 Å². The standard InChI is InChI=1S/C24H30N6O6S/c1-3-30-23(34)18(37-24(30)15(12-25)22(33)27-16-6-4-7-17(16)31)13-26-19-8-5-9-20(28-19)29-21(32)14-36-11-10-35-2/h5,8-9,13,16-17,31H,3-4,6-7,10-11,14H2,1-2H3,(H,27,33)(H2,26,28,29,32)/t16-,17-/m0/s1. The van der Waals surface area contributed by atoms with Gasteiger partial charge in [-0.25, -0.2) is 4.98 Å². The van der Waals surface area contributed by atoms with Crippen molar-refractivity contribution in [3.8, 4) is 6.07 Å². The summed E-state index contributed by atoms with van der Waals surface area (Å²) >= 11 is 1.00. The highest BCUT2D eigenvalue weighted by Crippen LogP contribution is 2.19. The molecule has 3 rings (SSSR count). The van der Waals surface area contributed by atoms with Crippen molar-refractivity contribution in [3.63, 3.8) is 0 Å². The number of nitrogens with zero attached hydrogens (tertiary/aromatic N) is 3. The van der Waals surface area contributed by atoms with E-state index in [2.05, 4.69) is 20.9 Å². The van der Waals surface area contributed by atoms with Gasteiger partial charge in [0.2, 0.25) is 0 Å². The van der Waals surface area contributed by atoms with Crippen LogP contribution in [0.4, 0.5) is 11.6 Å². The van der Waals surface area contributed by atoms with Crippen LogP contribution in [0, 0.1) is 11.3 Å². The highest BCUT2D eigenvalue weighted by molar-refractivity contribution is 7.07. The molecule has 198 valence electrons. The van der Waals surface area contributed by atoms with Crippen LogP contribution in [-0.2, 0) is 25.6 Å². The van der Waals surface area contributed by atoms with Gasteiger partial charge in [0, 0.05) is 19.9 Å². The predicted octanol–water partition coefficient (Wildman–Crippen LogP) is -0.520. The van der Waals surface area contributed by atoms with Gasteiger partial charge in [-0.3, -0.25) is 19.0 Å². The van der Waals surface area contributed by atoms with Crippen molar-refractivity contribution in [2.45, 2.75) is 44.9 Å². The molecule has 0 unspecified atom stereocenters. The Balaban J connectivity index is 1.80. The Kier molecular flexibility index (Phi) is 10.3. The lowest BCUT2D eigenvalue weighted by molar-refractivity contribution is -0.121. The lowest BCUT2D eigenvalue weighted by Gasteiger charge is -2.15. The minimum Gasteiger partial charge on any atom is -0.391 e. The van der Waals surface area contributed by atoms with Crippen LogP contribution in [0.3, 0.4) is 0 Å².